The molecular weight excluding hydrogens is 402 g/mol. The fourth-order valence-electron chi connectivity index (χ4n) is 5.17. The van der Waals surface area contributed by atoms with Crippen molar-refractivity contribution in [1.82, 2.24) is 15.1 Å². The van der Waals surface area contributed by atoms with Crippen molar-refractivity contribution >= 4 is 28.8 Å². The Morgan fingerprint density at radius 1 is 1.17 bits per heavy atom. The lowest BCUT2D eigenvalue weighted by Gasteiger charge is -2.33. The van der Waals surface area contributed by atoms with E-state index in [1.54, 1.807) is 16.0 Å². The number of nitrogens with zero attached hydrogens (tertiary/aromatic N) is 2. The molecule has 3 heterocycles. The summed E-state index contributed by atoms with van der Waals surface area (Å²) in [6, 6.07) is 6.26. The van der Waals surface area contributed by atoms with Crippen molar-refractivity contribution in [3.8, 4) is 0 Å². The van der Waals surface area contributed by atoms with Crippen molar-refractivity contribution in [1.29, 1.82) is 0 Å². The molecule has 6 heteroatoms. The highest BCUT2D eigenvalue weighted by atomic mass is 35.5. The van der Waals surface area contributed by atoms with E-state index >= 15 is 0 Å². The standard InChI is InChI=1S/C23H32ClN3OS/c1-15-4-3-5-16(2)22(15)23(28)27-18(6-7-19-8-9-21(24)29-19)14-20(26-27)17-10-12-25-13-11-17/h8-9,14-17,22,25H,3-7,10-13H2,1-2H3. The number of rotatable bonds is 5. The molecule has 4 rings (SSSR count). The van der Waals surface area contributed by atoms with Crippen LogP contribution in [0.5, 0.6) is 0 Å². The number of aryl methyl sites for hydroxylation is 2. The van der Waals surface area contributed by atoms with Crippen LogP contribution >= 0.6 is 22.9 Å². The van der Waals surface area contributed by atoms with E-state index in [1.807, 2.05) is 6.07 Å². The Bertz CT molecular complexity index is 829. The van der Waals surface area contributed by atoms with Crippen molar-refractivity contribution in [2.24, 2.45) is 17.8 Å². The third kappa shape index (κ3) is 4.78. The number of aromatic nitrogens is 2. The van der Waals surface area contributed by atoms with Crippen LogP contribution in [-0.2, 0) is 12.8 Å². The van der Waals surface area contributed by atoms with Gasteiger partial charge in [-0.2, -0.15) is 5.10 Å². The summed E-state index contributed by atoms with van der Waals surface area (Å²) in [6.45, 7) is 6.54. The number of halogens is 1. The third-order valence-corrected chi connectivity index (χ3v) is 8.15. The molecule has 0 bridgehead atoms. The van der Waals surface area contributed by atoms with Crippen molar-refractivity contribution in [2.45, 2.75) is 64.7 Å². The zero-order valence-electron chi connectivity index (χ0n) is 17.5. The summed E-state index contributed by atoms with van der Waals surface area (Å²) in [5.74, 6) is 1.62. The van der Waals surface area contributed by atoms with Gasteiger partial charge in [-0.1, -0.05) is 31.9 Å². The summed E-state index contributed by atoms with van der Waals surface area (Å²) >= 11 is 7.73. The molecule has 2 atom stereocenters. The van der Waals surface area contributed by atoms with E-state index in [-0.39, 0.29) is 11.8 Å². The third-order valence-electron chi connectivity index (χ3n) is 6.85. The second kappa shape index (κ2) is 9.32. The predicted octanol–water partition coefficient (Wildman–Crippen LogP) is 5.56. The lowest BCUT2D eigenvalue weighted by atomic mass is 9.73. The number of nitrogens with one attached hydrogen (secondary N) is 1. The molecule has 1 aliphatic carbocycles. The molecular formula is C23H32ClN3OS. The van der Waals surface area contributed by atoms with E-state index in [4.69, 9.17) is 16.7 Å². The van der Waals surface area contributed by atoms with Crippen LogP contribution in [0.1, 0.15) is 72.9 Å². The van der Waals surface area contributed by atoms with Crippen molar-refractivity contribution in [3.05, 3.63) is 38.8 Å². The highest BCUT2D eigenvalue weighted by Crippen LogP contribution is 2.36. The minimum Gasteiger partial charge on any atom is -0.317 e. The van der Waals surface area contributed by atoms with Crippen LogP contribution in [-0.4, -0.2) is 28.8 Å². The minimum atomic E-state index is 0.0828. The summed E-state index contributed by atoms with van der Waals surface area (Å²) in [5.41, 5.74) is 2.17. The quantitative estimate of drug-likeness (QED) is 0.671. The van der Waals surface area contributed by atoms with Crippen LogP contribution in [0, 0.1) is 17.8 Å². The van der Waals surface area contributed by atoms with Gasteiger partial charge in [0.15, 0.2) is 0 Å². The van der Waals surface area contributed by atoms with E-state index in [1.165, 1.54) is 11.3 Å². The smallest absolute Gasteiger partial charge is 0.250 e. The van der Waals surface area contributed by atoms with Crippen LogP contribution in [0.4, 0.5) is 0 Å². The fourth-order valence-corrected chi connectivity index (χ4v) is 6.26. The van der Waals surface area contributed by atoms with Gasteiger partial charge in [0.05, 0.1) is 10.0 Å². The van der Waals surface area contributed by atoms with E-state index in [0.29, 0.717) is 17.8 Å². The van der Waals surface area contributed by atoms with E-state index < -0.39 is 0 Å². The van der Waals surface area contributed by atoms with Crippen LogP contribution in [0.25, 0.3) is 0 Å². The van der Waals surface area contributed by atoms with Crippen LogP contribution < -0.4 is 5.32 Å². The average Bonchev–Trinajstić information content (AvgIpc) is 3.33. The van der Waals surface area contributed by atoms with E-state index in [2.05, 4.69) is 31.3 Å². The van der Waals surface area contributed by atoms with Gasteiger partial charge in [0, 0.05) is 22.4 Å². The molecule has 0 spiro atoms. The van der Waals surface area contributed by atoms with Gasteiger partial charge in [-0.25, -0.2) is 4.68 Å². The molecule has 2 fully saturated rings. The van der Waals surface area contributed by atoms with Crippen LogP contribution in [0.2, 0.25) is 4.34 Å². The van der Waals surface area contributed by atoms with Crippen LogP contribution in [0.15, 0.2) is 18.2 Å². The Balaban J connectivity index is 1.60. The Hall–Kier alpha value is -1.17. The molecule has 29 heavy (non-hydrogen) atoms. The first-order valence-corrected chi connectivity index (χ1v) is 12.3. The number of carbonyl (C=O) groups is 1. The van der Waals surface area contributed by atoms with Crippen LogP contribution in [0.3, 0.4) is 0 Å². The number of hydrogen-bond acceptors (Lipinski definition) is 4. The predicted molar refractivity (Wildman–Crippen MR) is 120 cm³/mol. The number of hydrogen-bond donors (Lipinski definition) is 1. The normalized spacial score (nSPS) is 26.0. The fraction of sp³-hybridized carbons (Fsp3) is 0.652. The number of piperidine rings is 1. The molecule has 4 nitrogen and oxygen atoms in total. The Kier molecular flexibility index (Phi) is 6.77. The Morgan fingerprint density at radius 2 is 1.90 bits per heavy atom. The summed E-state index contributed by atoms with van der Waals surface area (Å²) in [5, 5.41) is 8.34. The second-order valence-electron chi connectivity index (χ2n) is 8.95. The first-order valence-electron chi connectivity index (χ1n) is 11.1. The summed E-state index contributed by atoms with van der Waals surface area (Å²) in [7, 11) is 0. The summed E-state index contributed by atoms with van der Waals surface area (Å²) in [4.78, 5) is 14.9. The van der Waals surface area contributed by atoms with E-state index in [0.717, 1.165) is 67.3 Å². The molecule has 2 aliphatic rings. The zero-order chi connectivity index (χ0) is 20.4. The number of thiophene rings is 1. The molecule has 1 aliphatic heterocycles. The first-order chi connectivity index (χ1) is 14.0. The Morgan fingerprint density at radius 3 is 2.55 bits per heavy atom. The maximum atomic E-state index is 13.6. The molecule has 1 saturated heterocycles. The Labute approximate surface area is 183 Å². The number of carbonyl (C=O) groups excluding carboxylic acids is 1. The largest absolute Gasteiger partial charge is 0.317 e. The SMILES string of the molecule is CC1CCCC(C)C1C(=O)n1nc(C2CCNCC2)cc1CCc1ccc(Cl)s1. The molecule has 2 aromatic rings. The van der Waals surface area contributed by atoms with Gasteiger partial charge in [-0.05, 0) is 81.6 Å². The van der Waals surface area contributed by atoms with Gasteiger partial charge in [0.1, 0.15) is 0 Å². The van der Waals surface area contributed by atoms with Crippen molar-refractivity contribution in [3.63, 3.8) is 0 Å². The molecule has 2 aromatic heterocycles. The summed E-state index contributed by atoms with van der Waals surface area (Å²) < 4.78 is 2.61. The highest BCUT2D eigenvalue weighted by molar-refractivity contribution is 7.16. The molecule has 0 aromatic carbocycles. The molecule has 158 valence electrons. The molecule has 0 radical (unpaired) electrons. The minimum absolute atomic E-state index is 0.0828. The average molecular weight is 434 g/mol. The van der Waals surface area contributed by atoms with Gasteiger partial charge in [-0.3, -0.25) is 4.79 Å². The van der Waals surface area contributed by atoms with Gasteiger partial charge in [-0.15, -0.1) is 11.3 Å². The van der Waals surface area contributed by atoms with Gasteiger partial charge < -0.3 is 5.32 Å². The topological polar surface area (TPSA) is 46.9 Å². The molecule has 2 unspecified atom stereocenters. The van der Waals surface area contributed by atoms with Crippen molar-refractivity contribution < 1.29 is 4.79 Å². The maximum Gasteiger partial charge on any atom is 0.250 e. The summed E-state index contributed by atoms with van der Waals surface area (Å²) in [6.07, 6.45) is 7.45. The lowest BCUT2D eigenvalue weighted by Crippen LogP contribution is -2.36. The van der Waals surface area contributed by atoms with Gasteiger partial charge >= 0.3 is 0 Å². The second-order valence-corrected chi connectivity index (χ2v) is 10.8. The molecule has 1 N–H and O–H groups in total. The zero-order valence-corrected chi connectivity index (χ0v) is 19.1. The van der Waals surface area contributed by atoms with Gasteiger partial charge in [0.25, 0.3) is 5.91 Å². The monoisotopic (exact) mass is 433 g/mol. The first kappa shape index (κ1) is 21.1. The lowest BCUT2D eigenvalue weighted by molar-refractivity contribution is 0.0641. The van der Waals surface area contributed by atoms with E-state index in [9.17, 15) is 4.79 Å². The van der Waals surface area contributed by atoms with Gasteiger partial charge in [0.2, 0.25) is 0 Å². The molecule has 1 saturated carbocycles. The van der Waals surface area contributed by atoms with Crippen molar-refractivity contribution in [2.75, 3.05) is 13.1 Å². The maximum absolute atomic E-state index is 13.6. The molecule has 0 amide bonds. The highest BCUT2D eigenvalue weighted by Gasteiger charge is 2.36.